The van der Waals surface area contributed by atoms with Crippen molar-refractivity contribution in [3.05, 3.63) is 64.7 Å². The van der Waals surface area contributed by atoms with Crippen LogP contribution in [0.1, 0.15) is 75.3 Å². The standard InChI is InChI=1S/C25H33N3O3/c1-5-19(27(4)25(3)15-11-7-6-8-12-16-25)17-18(2)28-21-14-10-9-13-20(21)26-22(23(28)29)24(30)31/h5,9-10,13-14,17-18H,1,6-8,11-12,15-16H2,2-4H3,(H,30,31)/b19-17+/t18-/m0/s1. The van der Waals surface area contributed by atoms with Gasteiger partial charge < -0.3 is 10.0 Å². The summed E-state index contributed by atoms with van der Waals surface area (Å²) in [5.74, 6) is -1.32. The number of rotatable bonds is 6. The molecule has 1 aromatic heterocycles. The molecule has 1 heterocycles. The lowest BCUT2D eigenvalue weighted by Gasteiger charge is -2.43. The first-order valence-electron chi connectivity index (χ1n) is 11.1. The fourth-order valence-electron chi connectivity index (χ4n) is 4.65. The Hall–Kier alpha value is -2.89. The summed E-state index contributed by atoms with van der Waals surface area (Å²) in [6.07, 6.45) is 12.3. The number of fused-ring (bicyclic) bond motifs is 1. The summed E-state index contributed by atoms with van der Waals surface area (Å²) in [7, 11) is 2.10. The van der Waals surface area contributed by atoms with E-state index in [9.17, 15) is 14.7 Å². The van der Waals surface area contributed by atoms with Crippen LogP contribution in [0.5, 0.6) is 0 Å². The number of carboxylic acid groups (broad SMARTS) is 1. The first-order valence-corrected chi connectivity index (χ1v) is 11.1. The van der Waals surface area contributed by atoms with Gasteiger partial charge in [-0.25, -0.2) is 9.78 Å². The Kier molecular flexibility index (Phi) is 6.98. The zero-order valence-electron chi connectivity index (χ0n) is 18.8. The summed E-state index contributed by atoms with van der Waals surface area (Å²) in [4.78, 5) is 31.0. The molecule has 0 aliphatic heterocycles. The highest BCUT2D eigenvalue weighted by atomic mass is 16.4. The van der Waals surface area contributed by atoms with Gasteiger partial charge in [-0.2, -0.15) is 0 Å². The number of aromatic nitrogens is 2. The maximum atomic E-state index is 13.0. The van der Waals surface area contributed by atoms with Crippen molar-refractivity contribution < 1.29 is 9.90 Å². The van der Waals surface area contributed by atoms with E-state index in [1.54, 1.807) is 18.2 Å². The molecule has 6 heteroatoms. The van der Waals surface area contributed by atoms with Crippen molar-refractivity contribution in [1.82, 2.24) is 14.5 Å². The van der Waals surface area contributed by atoms with E-state index in [2.05, 4.69) is 30.4 Å². The van der Waals surface area contributed by atoms with Gasteiger partial charge in [-0.15, -0.1) is 0 Å². The zero-order chi connectivity index (χ0) is 22.6. The highest BCUT2D eigenvalue weighted by Gasteiger charge is 2.30. The van der Waals surface area contributed by atoms with E-state index >= 15 is 0 Å². The van der Waals surface area contributed by atoms with Gasteiger partial charge in [0.2, 0.25) is 5.69 Å². The molecule has 31 heavy (non-hydrogen) atoms. The molecule has 1 aliphatic rings. The number of para-hydroxylation sites is 2. The summed E-state index contributed by atoms with van der Waals surface area (Å²) in [5, 5.41) is 9.49. The Morgan fingerprint density at radius 2 is 1.84 bits per heavy atom. The summed E-state index contributed by atoms with van der Waals surface area (Å²) >= 11 is 0. The summed E-state index contributed by atoms with van der Waals surface area (Å²) in [6, 6.07) is 6.77. The molecule has 0 unspecified atom stereocenters. The average Bonchev–Trinajstić information content (AvgIpc) is 2.73. The van der Waals surface area contributed by atoms with Crippen molar-refractivity contribution in [1.29, 1.82) is 0 Å². The summed E-state index contributed by atoms with van der Waals surface area (Å²) < 4.78 is 1.52. The molecule has 3 rings (SSSR count). The van der Waals surface area contributed by atoms with Crippen LogP contribution in [-0.2, 0) is 0 Å². The minimum Gasteiger partial charge on any atom is -0.476 e. The second-order valence-electron chi connectivity index (χ2n) is 8.79. The molecule has 0 spiro atoms. The molecule has 0 saturated heterocycles. The molecule has 1 atom stereocenters. The van der Waals surface area contributed by atoms with Gasteiger partial charge in [0, 0.05) is 18.3 Å². The van der Waals surface area contributed by atoms with E-state index in [1.807, 2.05) is 25.1 Å². The topological polar surface area (TPSA) is 75.4 Å². The van der Waals surface area contributed by atoms with Crippen LogP contribution in [-0.4, -0.2) is 38.1 Å². The predicted molar refractivity (Wildman–Crippen MR) is 124 cm³/mol. The van der Waals surface area contributed by atoms with E-state index in [1.165, 1.54) is 36.7 Å². The van der Waals surface area contributed by atoms with Crippen LogP contribution in [0.3, 0.4) is 0 Å². The summed E-state index contributed by atoms with van der Waals surface area (Å²) in [6.45, 7) is 8.23. The van der Waals surface area contributed by atoms with Crippen LogP contribution in [0, 0.1) is 0 Å². The maximum Gasteiger partial charge on any atom is 0.360 e. The van der Waals surface area contributed by atoms with Crippen LogP contribution in [0.4, 0.5) is 0 Å². The number of hydrogen-bond acceptors (Lipinski definition) is 4. The van der Waals surface area contributed by atoms with Crippen molar-refractivity contribution in [3.8, 4) is 0 Å². The van der Waals surface area contributed by atoms with Gasteiger partial charge >= 0.3 is 5.97 Å². The van der Waals surface area contributed by atoms with Gasteiger partial charge in [0.1, 0.15) is 0 Å². The number of likely N-dealkylation sites (N-methyl/N-ethyl adjacent to an activating group) is 1. The average molecular weight is 424 g/mol. The third-order valence-corrected chi connectivity index (χ3v) is 6.65. The molecule has 0 bridgehead atoms. The Morgan fingerprint density at radius 3 is 2.45 bits per heavy atom. The number of carbonyl (C=O) groups is 1. The third kappa shape index (κ3) is 4.73. The van der Waals surface area contributed by atoms with Crippen LogP contribution in [0.25, 0.3) is 11.0 Å². The monoisotopic (exact) mass is 423 g/mol. The van der Waals surface area contributed by atoms with Crippen LogP contribution in [0.15, 0.2) is 53.5 Å². The molecule has 1 aromatic carbocycles. The molecule has 0 radical (unpaired) electrons. The van der Waals surface area contributed by atoms with Crippen molar-refractivity contribution in [2.75, 3.05) is 7.05 Å². The fraction of sp³-hybridized carbons (Fsp3) is 0.480. The van der Waals surface area contributed by atoms with E-state index in [0.29, 0.717) is 11.0 Å². The Balaban J connectivity index is 2.05. The largest absolute Gasteiger partial charge is 0.476 e. The molecule has 1 aliphatic carbocycles. The molecule has 1 saturated carbocycles. The van der Waals surface area contributed by atoms with E-state index < -0.39 is 17.2 Å². The Morgan fingerprint density at radius 1 is 1.23 bits per heavy atom. The van der Waals surface area contributed by atoms with E-state index in [0.717, 1.165) is 18.5 Å². The van der Waals surface area contributed by atoms with Gasteiger partial charge in [-0.05, 0) is 51.0 Å². The molecule has 6 nitrogen and oxygen atoms in total. The maximum absolute atomic E-state index is 13.0. The fourth-order valence-corrected chi connectivity index (χ4v) is 4.65. The molecule has 166 valence electrons. The van der Waals surface area contributed by atoms with Crippen molar-refractivity contribution in [3.63, 3.8) is 0 Å². The van der Waals surface area contributed by atoms with Gasteiger partial charge in [-0.1, -0.05) is 50.8 Å². The highest BCUT2D eigenvalue weighted by molar-refractivity contribution is 5.88. The molecule has 1 N–H and O–H groups in total. The number of benzene rings is 1. The molecule has 2 aromatic rings. The Bertz CT molecular complexity index is 1050. The van der Waals surface area contributed by atoms with Crippen molar-refractivity contribution in [2.45, 2.75) is 70.4 Å². The predicted octanol–water partition coefficient (Wildman–Crippen LogP) is 5.16. The lowest BCUT2D eigenvalue weighted by atomic mass is 9.84. The number of aromatic carboxylic acids is 1. The molecule has 1 fully saturated rings. The van der Waals surface area contributed by atoms with Crippen LogP contribution < -0.4 is 5.56 Å². The second-order valence-corrected chi connectivity index (χ2v) is 8.79. The number of hydrogen-bond donors (Lipinski definition) is 1. The number of allylic oxidation sites excluding steroid dienone is 2. The third-order valence-electron chi connectivity index (χ3n) is 6.65. The normalized spacial score (nSPS) is 18.1. The quantitative estimate of drug-likeness (QED) is 0.650. The van der Waals surface area contributed by atoms with Crippen molar-refractivity contribution in [2.24, 2.45) is 0 Å². The van der Waals surface area contributed by atoms with E-state index in [4.69, 9.17) is 0 Å². The van der Waals surface area contributed by atoms with Crippen LogP contribution in [0.2, 0.25) is 0 Å². The second kappa shape index (κ2) is 9.50. The minimum absolute atomic E-state index is 0.0255. The number of carboxylic acids is 1. The molecular weight excluding hydrogens is 390 g/mol. The first-order chi connectivity index (χ1) is 14.8. The minimum atomic E-state index is -1.32. The summed E-state index contributed by atoms with van der Waals surface area (Å²) in [5.41, 5.74) is 1.01. The molecular formula is C25H33N3O3. The van der Waals surface area contributed by atoms with Gasteiger partial charge in [0.25, 0.3) is 5.56 Å². The lowest BCUT2D eigenvalue weighted by molar-refractivity contribution is 0.0688. The van der Waals surface area contributed by atoms with Gasteiger partial charge in [0.05, 0.1) is 17.1 Å². The van der Waals surface area contributed by atoms with Gasteiger partial charge in [-0.3, -0.25) is 9.36 Å². The van der Waals surface area contributed by atoms with Crippen molar-refractivity contribution >= 4 is 17.0 Å². The highest BCUT2D eigenvalue weighted by Crippen LogP contribution is 2.33. The SMILES string of the molecule is C=C/C(=C\[C@H](C)n1c(=O)c(C(=O)O)nc2ccccc21)N(C)C1(C)CCCCCCC1. The zero-order valence-corrected chi connectivity index (χ0v) is 18.8. The van der Waals surface area contributed by atoms with Crippen LogP contribution >= 0.6 is 0 Å². The lowest BCUT2D eigenvalue weighted by Crippen LogP contribution is -2.43. The first kappa shape index (κ1) is 22.8. The smallest absolute Gasteiger partial charge is 0.360 e. The van der Waals surface area contributed by atoms with E-state index in [-0.39, 0.29) is 11.6 Å². The number of nitrogens with zero attached hydrogens (tertiary/aromatic N) is 3. The molecule has 0 amide bonds. The van der Waals surface area contributed by atoms with Gasteiger partial charge in [0.15, 0.2) is 0 Å². The Labute approximate surface area is 183 Å².